The van der Waals surface area contributed by atoms with Gasteiger partial charge in [0.15, 0.2) is 6.29 Å². The Balaban J connectivity index is 1.34. The van der Waals surface area contributed by atoms with Gasteiger partial charge in [-0.1, -0.05) is 12.1 Å². The van der Waals surface area contributed by atoms with Crippen LogP contribution in [0.15, 0.2) is 57.7 Å². The van der Waals surface area contributed by atoms with Crippen molar-refractivity contribution in [3.63, 3.8) is 0 Å². The molecule has 2 aliphatic heterocycles. The number of ether oxygens (including phenoxy) is 5. The van der Waals surface area contributed by atoms with Gasteiger partial charge in [0.25, 0.3) is 0 Å². The molecule has 0 bridgehead atoms. The first-order valence-electron chi connectivity index (χ1n) is 10.4. The summed E-state index contributed by atoms with van der Waals surface area (Å²) in [6, 6.07) is 14.0. The lowest BCUT2D eigenvalue weighted by Gasteiger charge is -2.38. The highest BCUT2D eigenvalue weighted by molar-refractivity contribution is 5.81. The van der Waals surface area contributed by atoms with Crippen LogP contribution in [-0.4, -0.2) is 42.9 Å². The second-order valence-electron chi connectivity index (χ2n) is 8.03. The number of rotatable bonds is 4. The molecule has 1 N–H and O–H groups in total. The Morgan fingerprint density at radius 3 is 2.41 bits per heavy atom. The average Bonchev–Trinajstić information content (AvgIpc) is 3.23. The second kappa shape index (κ2) is 8.22. The predicted molar refractivity (Wildman–Crippen MR) is 114 cm³/mol. The summed E-state index contributed by atoms with van der Waals surface area (Å²) in [5.41, 5.74) is 1.61. The van der Waals surface area contributed by atoms with Crippen LogP contribution >= 0.6 is 0 Å². The van der Waals surface area contributed by atoms with E-state index < -0.39 is 36.5 Å². The van der Waals surface area contributed by atoms with Crippen LogP contribution in [0.5, 0.6) is 11.5 Å². The first kappa shape index (κ1) is 21.0. The molecule has 6 atom stereocenters. The summed E-state index contributed by atoms with van der Waals surface area (Å²) in [6.07, 6.45) is -4.14. The zero-order valence-corrected chi connectivity index (χ0v) is 17.9. The Labute approximate surface area is 184 Å². The minimum Gasteiger partial charge on any atom is -0.497 e. The lowest BCUT2D eigenvalue weighted by molar-refractivity contribution is -0.244. The number of aryl methyl sites for hydroxylation is 1. The summed E-state index contributed by atoms with van der Waals surface area (Å²) < 4.78 is 34.4. The molecule has 0 aliphatic carbocycles. The smallest absolute Gasteiger partial charge is 0.336 e. The van der Waals surface area contributed by atoms with Gasteiger partial charge in [0.1, 0.15) is 35.4 Å². The Morgan fingerprint density at radius 2 is 1.66 bits per heavy atom. The van der Waals surface area contributed by atoms with E-state index in [2.05, 4.69) is 0 Å². The number of aliphatic hydroxyl groups is 1. The monoisotopic (exact) mass is 440 g/mol. The summed E-state index contributed by atoms with van der Waals surface area (Å²) in [4.78, 5) is 11.7. The zero-order chi connectivity index (χ0) is 22.4. The van der Waals surface area contributed by atoms with E-state index in [1.165, 1.54) is 6.07 Å². The number of hydrogen-bond donors (Lipinski definition) is 1. The molecular weight excluding hydrogens is 416 g/mol. The van der Waals surface area contributed by atoms with Gasteiger partial charge >= 0.3 is 5.63 Å². The first-order chi connectivity index (χ1) is 15.4. The van der Waals surface area contributed by atoms with E-state index >= 15 is 0 Å². The molecule has 8 nitrogen and oxygen atoms in total. The van der Waals surface area contributed by atoms with Crippen LogP contribution in [0.1, 0.15) is 24.3 Å². The van der Waals surface area contributed by atoms with Gasteiger partial charge in [-0.05, 0) is 43.7 Å². The van der Waals surface area contributed by atoms with Gasteiger partial charge in [-0.2, -0.15) is 0 Å². The van der Waals surface area contributed by atoms with Gasteiger partial charge < -0.3 is 33.2 Å². The van der Waals surface area contributed by atoms with E-state index in [4.69, 9.17) is 28.1 Å². The lowest BCUT2D eigenvalue weighted by Crippen LogP contribution is -2.57. The van der Waals surface area contributed by atoms with E-state index in [1.807, 2.05) is 38.1 Å². The summed E-state index contributed by atoms with van der Waals surface area (Å²) in [5, 5.41) is 11.7. The zero-order valence-electron chi connectivity index (χ0n) is 17.9. The molecule has 2 aliphatic rings. The van der Waals surface area contributed by atoms with E-state index in [0.717, 1.165) is 22.3 Å². The van der Waals surface area contributed by atoms with Crippen molar-refractivity contribution >= 4 is 11.0 Å². The Morgan fingerprint density at radius 1 is 0.938 bits per heavy atom. The molecule has 3 aromatic rings. The van der Waals surface area contributed by atoms with E-state index in [0.29, 0.717) is 11.3 Å². The van der Waals surface area contributed by atoms with Crippen molar-refractivity contribution in [3.8, 4) is 11.5 Å². The molecule has 2 fully saturated rings. The number of fused-ring (bicyclic) bond motifs is 2. The SMILES string of the molecule is COc1ccc(C2O[C@H]3[C@H](O)[C@H](Oc4ccc5c(C)cc(=O)oc5c4)O[C@@H](C)[C@H]3O2)cc1. The highest BCUT2D eigenvalue weighted by Gasteiger charge is 2.52. The molecule has 8 heteroatoms. The molecule has 2 aromatic carbocycles. The molecule has 3 heterocycles. The van der Waals surface area contributed by atoms with Crippen LogP contribution in [0, 0.1) is 6.92 Å². The fourth-order valence-corrected chi connectivity index (χ4v) is 4.18. The van der Waals surface area contributed by atoms with Crippen molar-refractivity contribution in [1.82, 2.24) is 0 Å². The van der Waals surface area contributed by atoms with Crippen LogP contribution in [0.3, 0.4) is 0 Å². The molecule has 5 rings (SSSR count). The average molecular weight is 440 g/mol. The minimum atomic E-state index is -1.08. The number of hydrogen-bond acceptors (Lipinski definition) is 8. The van der Waals surface area contributed by atoms with Crippen molar-refractivity contribution in [2.45, 2.75) is 50.8 Å². The van der Waals surface area contributed by atoms with Crippen LogP contribution in [0.25, 0.3) is 11.0 Å². The van der Waals surface area contributed by atoms with Crippen molar-refractivity contribution in [1.29, 1.82) is 0 Å². The number of benzene rings is 2. The molecule has 1 unspecified atom stereocenters. The molecule has 32 heavy (non-hydrogen) atoms. The van der Waals surface area contributed by atoms with Crippen LogP contribution in [-0.2, 0) is 14.2 Å². The maximum absolute atomic E-state index is 11.7. The minimum absolute atomic E-state index is 0.378. The number of aliphatic hydroxyl groups excluding tert-OH is 1. The Kier molecular flexibility index (Phi) is 5.38. The summed E-state index contributed by atoms with van der Waals surface area (Å²) in [5.74, 6) is 1.14. The van der Waals surface area contributed by atoms with Gasteiger partial charge in [0.2, 0.25) is 6.29 Å². The third-order valence-electron chi connectivity index (χ3n) is 5.88. The normalized spacial score (nSPS) is 29.6. The molecule has 1 aromatic heterocycles. The molecule has 0 radical (unpaired) electrons. The van der Waals surface area contributed by atoms with E-state index in [9.17, 15) is 9.90 Å². The van der Waals surface area contributed by atoms with Crippen LogP contribution in [0.2, 0.25) is 0 Å². The Bertz CT molecular complexity index is 1170. The fourth-order valence-electron chi connectivity index (χ4n) is 4.18. The molecular formula is C24H24O8. The Hall–Kier alpha value is -2.91. The third-order valence-corrected chi connectivity index (χ3v) is 5.88. The summed E-state index contributed by atoms with van der Waals surface area (Å²) in [7, 11) is 1.60. The van der Waals surface area contributed by atoms with Crippen molar-refractivity contribution in [3.05, 3.63) is 70.1 Å². The van der Waals surface area contributed by atoms with E-state index in [1.54, 1.807) is 25.3 Å². The van der Waals surface area contributed by atoms with Crippen molar-refractivity contribution in [2.24, 2.45) is 0 Å². The molecule has 0 saturated carbocycles. The highest BCUT2D eigenvalue weighted by atomic mass is 16.8. The van der Waals surface area contributed by atoms with Gasteiger partial charge in [-0.25, -0.2) is 4.79 Å². The largest absolute Gasteiger partial charge is 0.497 e. The van der Waals surface area contributed by atoms with Gasteiger partial charge in [0, 0.05) is 23.1 Å². The van der Waals surface area contributed by atoms with E-state index in [-0.39, 0.29) is 6.10 Å². The summed E-state index contributed by atoms with van der Waals surface area (Å²) in [6.45, 7) is 3.69. The van der Waals surface area contributed by atoms with Gasteiger partial charge in [-0.15, -0.1) is 0 Å². The lowest BCUT2D eigenvalue weighted by atomic mass is 10.00. The fraction of sp³-hybridized carbons (Fsp3) is 0.375. The first-order valence-corrected chi connectivity index (χ1v) is 10.4. The standard InChI is InChI=1S/C24H24O8/c1-12-10-19(25)30-18-11-16(8-9-17(12)18)29-24-20(26)22-21(13(2)28-24)31-23(32-22)14-4-6-15(27-3)7-5-14/h4-11,13,20-24,26H,1-3H3/t13-,20-,21+,22-,23?,24-/m0/s1. The molecule has 2 saturated heterocycles. The molecule has 0 amide bonds. The van der Waals surface area contributed by atoms with Crippen molar-refractivity contribution < 1.29 is 33.2 Å². The molecule has 168 valence electrons. The molecule has 0 spiro atoms. The third kappa shape index (κ3) is 3.75. The maximum atomic E-state index is 11.7. The van der Waals surface area contributed by atoms with Gasteiger partial charge in [-0.3, -0.25) is 0 Å². The van der Waals surface area contributed by atoms with Crippen LogP contribution < -0.4 is 15.1 Å². The maximum Gasteiger partial charge on any atom is 0.336 e. The highest BCUT2D eigenvalue weighted by Crippen LogP contribution is 2.40. The topological polar surface area (TPSA) is 96.6 Å². The van der Waals surface area contributed by atoms with Crippen LogP contribution in [0.4, 0.5) is 0 Å². The second-order valence-corrected chi connectivity index (χ2v) is 8.03. The summed E-state index contributed by atoms with van der Waals surface area (Å²) >= 11 is 0. The van der Waals surface area contributed by atoms with Gasteiger partial charge in [0.05, 0.1) is 13.2 Å². The predicted octanol–water partition coefficient (Wildman–Crippen LogP) is 3.08. The van der Waals surface area contributed by atoms with Crippen molar-refractivity contribution in [2.75, 3.05) is 7.11 Å². The quantitative estimate of drug-likeness (QED) is 0.619. The number of methoxy groups -OCH3 is 1.